The Morgan fingerprint density at radius 3 is 2.53 bits per heavy atom. The van der Waals surface area contributed by atoms with E-state index in [9.17, 15) is 10.2 Å². The van der Waals surface area contributed by atoms with Gasteiger partial charge in [-0.3, -0.25) is 4.90 Å². The van der Waals surface area contributed by atoms with Crippen LogP contribution < -0.4 is 5.73 Å². The Hall–Kier alpha value is -0.140. The van der Waals surface area contributed by atoms with Gasteiger partial charge in [0.25, 0.3) is 0 Å². The van der Waals surface area contributed by atoms with Crippen molar-refractivity contribution in [3.63, 3.8) is 0 Å². The third kappa shape index (κ3) is 5.35. The first-order valence-electron chi connectivity index (χ1n) is 5.49. The van der Waals surface area contributed by atoms with Gasteiger partial charge >= 0.3 is 0 Å². The molecule has 0 aromatic carbocycles. The van der Waals surface area contributed by atoms with Crippen LogP contribution in [0.15, 0.2) is 21.9 Å². The molecule has 1 saturated heterocycles. The zero-order valence-electron chi connectivity index (χ0n) is 10.0. The third-order valence-corrected chi connectivity index (χ3v) is 4.49. The van der Waals surface area contributed by atoms with E-state index in [2.05, 4.69) is 11.5 Å². The Kier molecular flexibility index (Phi) is 6.43. The van der Waals surface area contributed by atoms with Crippen molar-refractivity contribution in [2.75, 3.05) is 25.4 Å². The summed E-state index contributed by atoms with van der Waals surface area (Å²) in [6.45, 7) is 7.72. The Morgan fingerprint density at radius 2 is 2.06 bits per heavy atom. The number of likely N-dealkylation sites (tertiary alicyclic amines) is 1. The maximum atomic E-state index is 9.40. The molecule has 1 fully saturated rings. The highest BCUT2D eigenvalue weighted by atomic mass is 32.2. The number of nitrogens with zero attached hydrogens (tertiary/aromatic N) is 1. The first kappa shape index (κ1) is 14.9. The van der Waals surface area contributed by atoms with Crippen LogP contribution in [0, 0.1) is 0 Å². The van der Waals surface area contributed by atoms with Gasteiger partial charge < -0.3 is 15.9 Å². The van der Waals surface area contributed by atoms with Gasteiger partial charge in [0, 0.05) is 31.6 Å². The molecule has 0 spiro atoms. The Labute approximate surface area is 111 Å². The summed E-state index contributed by atoms with van der Waals surface area (Å²) in [6, 6.07) is 0. The molecular formula is C11H20N2O2S2. The highest BCUT2D eigenvalue weighted by Crippen LogP contribution is 2.32. The van der Waals surface area contributed by atoms with Crippen molar-refractivity contribution >= 4 is 23.5 Å². The number of rotatable bonds is 6. The summed E-state index contributed by atoms with van der Waals surface area (Å²) in [5.41, 5.74) is 5.52. The zero-order valence-corrected chi connectivity index (χ0v) is 11.6. The number of allylic oxidation sites excluding steroid dienone is 1. The van der Waals surface area contributed by atoms with Crippen LogP contribution in [0.1, 0.15) is 6.92 Å². The van der Waals surface area contributed by atoms with Crippen molar-refractivity contribution < 1.29 is 10.2 Å². The lowest BCUT2D eigenvalue weighted by Gasteiger charge is -2.14. The summed E-state index contributed by atoms with van der Waals surface area (Å²) in [6.07, 6.45) is 0.390. The summed E-state index contributed by atoms with van der Waals surface area (Å²) >= 11 is 3.24. The van der Waals surface area contributed by atoms with Gasteiger partial charge in [-0.15, -0.1) is 11.8 Å². The van der Waals surface area contributed by atoms with Crippen molar-refractivity contribution in [1.82, 2.24) is 4.90 Å². The van der Waals surface area contributed by atoms with Gasteiger partial charge in [-0.25, -0.2) is 0 Å². The van der Waals surface area contributed by atoms with Gasteiger partial charge in [0.2, 0.25) is 0 Å². The highest BCUT2D eigenvalue weighted by molar-refractivity contribution is 8.23. The molecule has 0 aromatic heterocycles. The maximum absolute atomic E-state index is 9.40. The topological polar surface area (TPSA) is 69.7 Å². The van der Waals surface area contributed by atoms with E-state index in [1.54, 1.807) is 29.7 Å². The molecule has 1 aliphatic heterocycles. The number of aliphatic hydroxyl groups excluding tert-OH is 2. The second-order valence-corrected chi connectivity index (χ2v) is 6.77. The van der Waals surface area contributed by atoms with Crippen LogP contribution in [-0.2, 0) is 0 Å². The molecule has 4 nitrogen and oxygen atoms in total. The molecule has 98 valence electrons. The maximum Gasteiger partial charge on any atom is 0.0938 e. The zero-order chi connectivity index (χ0) is 12.8. The Bertz CT molecular complexity index is 287. The molecule has 0 amide bonds. The minimum absolute atomic E-state index is 0.553. The normalized spacial score (nSPS) is 26.4. The van der Waals surface area contributed by atoms with Crippen LogP contribution >= 0.6 is 23.5 Å². The van der Waals surface area contributed by atoms with Gasteiger partial charge in [-0.1, -0.05) is 18.3 Å². The first-order chi connectivity index (χ1) is 8.02. The van der Waals surface area contributed by atoms with E-state index in [-0.39, 0.29) is 0 Å². The SMILES string of the molecule is C=C(C)S/C(=C\N)SCCN1CC(O)[C@@H](O)C1. The molecule has 17 heavy (non-hydrogen) atoms. The molecule has 0 saturated carbocycles. The average molecular weight is 276 g/mol. The van der Waals surface area contributed by atoms with Crippen LogP contribution in [0.25, 0.3) is 0 Å². The van der Waals surface area contributed by atoms with Crippen LogP contribution in [0.5, 0.6) is 0 Å². The molecule has 0 bridgehead atoms. The monoisotopic (exact) mass is 276 g/mol. The molecule has 0 aliphatic carbocycles. The lowest BCUT2D eigenvalue weighted by molar-refractivity contribution is 0.0572. The van der Waals surface area contributed by atoms with E-state index in [0.717, 1.165) is 21.4 Å². The van der Waals surface area contributed by atoms with Crippen LogP contribution in [0.2, 0.25) is 0 Å². The molecule has 2 atom stereocenters. The lowest BCUT2D eigenvalue weighted by Crippen LogP contribution is -2.24. The van der Waals surface area contributed by atoms with Crippen molar-refractivity contribution in [2.45, 2.75) is 19.1 Å². The van der Waals surface area contributed by atoms with Gasteiger partial charge in [-0.2, -0.15) is 0 Å². The fourth-order valence-electron chi connectivity index (χ4n) is 1.59. The highest BCUT2D eigenvalue weighted by Gasteiger charge is 2.28. The smallest absolute Gasteiger partial charge is 0.0938 e. The van der Waals surface area contributed by atoms with Crippen molar-refractivity contribution in [3.05, 3.63) is 21.9 Å². The summed E-state index contributed by atoms with van der Waals surface area (Å²) in [4.78, 5) is 3.07. The molecule has 0 radical (unpaired) electrons. The van der Waals surface area contributed by atoms with Crippen molar-refractivity contribution in [2.24, 2.45) is 5.73 Å². The summed E-state index contributed by atoms with van der Waals surface area (Å²) < 4.78 is 1.04. The molecule has 1 aliphatic rings. The van der Waals surface area contributed by atoms with E-state index in [4.69, 9.17) is 5.73 Å². The number of hydrogen-bond acceptors (Lipinski definition) is 6. The predicted octanol–water partition coefficient (Wildman–Crippen LogP) is 0.781. The molecule has 6 heteroatoms. The molecular weight excluding hydrogens is 256 g/mol. The quantitative estimate of drug-likeness (QED) is 0.666. The standard InChI is InChI=1S/C11H20N2O2S2/c1-8(2)17-11(5-12)16-4-3-13-6-9(14)10(15)7-13/h5,9-10,14-15H,1,3-4,6-7,12H2,2H3/b11-5-/t9-,10?/m0/s1. The van der Waals surface area contributed by atoms with Crippen LogP contribution in [0.4, 0.5) is 0 Å². The summed E-state index contributed by atoms with van der Waals surface area (Å²) in [5.74, 6) is 0.892. The molecule has 4 N–H and O–H groups in total. The molecule has 1 rings (SSSR count). The Morgan fingerprint density at radius 1 is 1.47 bits per heavy atom. The molecule has 1 unspecified atom stereocenters. The lowest BCUT2D eigenvalue weighted by atomic mass is 10.3. The minimum atomic E-state index is -0.602. The molecule has 1 heterocycles. The first-order valence-corrected chi connectivity index (χ1v) is 7.29. The van der Waals surface area contributed by atoms with E-state index < -0.39 is 12.2 Å². The number of thioether (sulfide) groups is 2. The van der Waals surface area contributed by atoms with E-state index in [1.807, 2.05) is 6.92 Å². The number of hydrogen-bond donors (Lipinski definition) is 3. The average Bonchev–Trinajstić information content (AvgIpc) is 2.56. The second kappa shape index (κ2) is 7.33. The van der Waals surface area contributed by atoms with Crippen molar-refractivity contribution in [3.8, 4) is 0 Å². The fourth-order valence-corrected chi connectivity index (χ4v) is 3.56. The van der Waals surface area contributed by atoms with Gasteiger partial charge in [0.15, 0.2) is 0 Å². The minimum Gasteiger partial charge on any atom is -0.403 e. The van der Waals surface area contributed by atoms with Gasteiger partial charge in [0.1, 0.15) is 0 Å². The van der Waals surface area contributed by atoms with E-state index in [0.29, 0.717) is 13.1 Å². The third-order valence-electron chi connectivity index (χ3n) is 2.40. The van der Waals surface area contributed by atoms with Gasteiger partial charge in [0.05, 0.1) is 16.4 Å². The molecule has 0 aromatic rings. The number of β-amino-alcohol motifs (C(OH)–C–C–N with tert-alkyl or cyclic N) is 2. The largest absolute Gasteiger partial charge is 0.403 e. The summed E-state index contributed by atoms with van der Waals surface area (Å²) in [7, 11) is 0. The number of nitrogens with two attached hydrogens (primary N) is 1. The summed E-state index contributed by atoms with van der Waals surface area (Å²) in [5, 5.41) is 18.8. The number of aliphatic hydroxyl groups is 2. The van der Waals surface area contributed by atoms with E-state index in [1.165, 1.54) is 0 Å². The fraction of sp³-hybridized carbons (Fsp3) is 0.636. The van der Waals surface area contributed by atoms with Gasteiger partial charge in [-0.05, 0) is 11.8 Å². The predicted molar refractivity (Wildman–Crippen MR) is 75.6 cm³/mol. The second-order valence-electron chi connectivity index (χ2n) is 4.03. The Balaban J connectivity index is 2.21. The van der Waals surface area contributed by atoms with Crippen molar-refractivity contribution in [1.29, 1.82) is 0 Å². The van der Waals surface area contributed by atoms with Crippen LogP contribution in [0.3, 0.4) is 0 Å². The van der Waals surface area contributed by atoms with Crippen LogP contribution in [-0.4, -0.2) is 52.7 Å². The van der Waals surface area contributed by atoms with E-state index >= 15 is 0 Å².